The maximum atomic E-state index is 13.5. The third-order valence-corrected chi connectivity index (χ3v) is 4.26. The standard InChI is InChI=1S/C14H13F2N3OS/c15-9-2-1-3-10(16)8(9)6-13(20)19-14-18-11-4-5-17-7-12(11)21-14/h1-3,17H,4-7H2,(H,18,19,20). The number of benzene rings is 1. The lowest BCUT2D eigenvalue weighted by Gasteiger charge is -2.09. The molecule has 0 radical (unpaired) electrons. The summed E-state index contributed by atoms with van der Waals surface area (Å²) in [4.78, 5) is 17.3. The maximum Gasteiger partial charge on any atom is 0.230 e. The van der Waals surface area contributed by atoms with E-state index in [0.717, 1.165) is 42.2 Å². The first-order chi connectivity index (χ1) is 10.1. The Morgan fingerprint density at radius 3 is 2.86 bits per heavy atom. The number of nitrogens with zero attached hydrogens (tertiary/aromatic N) is 1. The average molecular weight is 309 g/mol. The fourth-order valence-electron chi connectivity index (χ4n) is 2.20. The van der Waals surface area contributed by atoms with Gasteiger partial charge in [0.1, 0.15) is 11.6 Å². The van der Waals surface area contributed by atoms with Crippen LogP contribution in [0.15, 0.2) is 18.2 Å². The van der Waals surface area contributed by atoms with E-state index < -0.39 is 17.5 Å². The summed E-state index contributed by atoms with van der Waals surface area (Å²) >= 11 is 1.39. The number of anilines is 1. The van der Waals surface area contributed by atoms with Gasteiger partial charge in [0.25, 0.3) is 0 Å². The largest absolute Gasteiger partial charge is 0.311 e. The summed E-state index contributed by atoms with van der Waals surface area (Å²) in [5.74, 6) is -1.90. The molecule has 21 heavy (non-hydrogen) atoms. The first-order valence-corrected chi connectivity index (χ1v) is 7.37. The van der Waals surface area contributed by atoms with Gasteiger partial charge in [-0.15, -0.1) is 11.3 Å². The van der Waals surface area contributed by atoms with Gasteiger partial charge in [-0.2, -0.15) is 0 Å². The van der Waals surface area contributed by atoms with Gasteiger partial charge in [-0.25, -0.2) is 13.8 Å². The third kappa shape index (κ3) is 3.08. The Bertz CT molecular complexity index is 643. The van der Waals surface area contributed by atoms with Gasteiger partial charge in [0, 0.05) is 30.0 Å². The summed E-state index contributed by atoms with van der Waals surface area (Å²) in [6, 6.07) is 3.55. The lowest BCUT2D eigenvalue weighted by molar-refractivity contribution is -0.115. The number of carbonyl (C=O) groups is 1. The van der Waals surface area contributed by atoms with Crippen LogP contribution >= 0.6 is 11.3 Å². The SMILES string of the molecule is O=C(Cc1c(F)cccc1F)Nc1nc2c(s1)CNCC2. The van der Waals surface area contributed by atoms with Gasteiger partial charge < -0.3 is 10.6 Å². The summed E-state index contributed by atoms with van der Waals surface area (Å²) in [5, 5.41) is 6.31. The second kappa shape index (κ2) is 5.87. The number of hydrogen-bond donors (Lipinski definition) is 2. The Hall–Kier alpha value is -1.86. The molecule has 3 rings (SSSR count). The van der Waals surface area contributed by atoms with Crippen LogP contribution < -0.4 is 10.6 Å². The highest BCUT2D eigenvalue weighted by Gasteiger charge is 2.17. The van der Waals surface area contributed by atoms with Crippen molar-refractivity contribution in [2.24, 2.45) is 0 Å². The van der Waals surface area contributed by atoms with E-state index in [4.69, 9.17) is 0 Å². The Morgan fingerprint density at radius 2 is 2.14 bits per heavy atom. The van der Waals surface area contributed by atoms with Crippen LogP contribution in [0, 0.1) is 11.6 Å². The first-order valence-electron chi connectivity index (χ1n) is 6.55. The van der Waals surface area contributed by atoms with Crippen LogP contribution in [-0.4, -0.2) is 17.4 Å². The predicted molar refractivity (Wildman–Crippen MR) is 76.2 cm³/mol. The molecule has 7 heteroatoms. The fraction of sp³-hybridized carbons (Fsp3) is 0.286. The molecule has 0 bridgehead atoms. The van der Waals surface area contributed by atoms with Crippen molar-refractivity contribution in [2.45, 2.75) is 19.4 Å². The Morgan fingerprint density at radius 1 is 1.38 bits per heavy atom. The molecule has 0 atom stereocenters. The molecule has 1 aromatic heterocycles. The fourth-order valence-corrected chi connectivity index (χ4v) is 3.20. The number of hydrogen-bond acceptors (Lipinski definition) is 4. The monoisotopic (exact) mass is 309 g/mol. The van der Waals surface area contributed by atoms with E-state index in [1.165, 1.54) is 17.4 Å². The van der Waals surface area contributed by atoms with E-state index in [-0.39, 0.29) is 12.0 Å². The van der Waals surface area contributed by atoms with Crippen molar-refractivity contribution >= 4 is 22.4 Å². The van der Waals surface area contributed by atoms with Crippen LogP contribution in [0.3, 0.4) is 0 Å². The van der Waals surface area contributed by atoms with Crippen molar-refractivity contribution in [2.75, 3.05) is 11.9 Å². The Kier molecular flexibility index (Phi) is 3.94. The van der Waals surface area contributed by atoms with Crippen LogP contribution in [-0.2, 0) is 24.2 Å². The van der Waals surface area contributed by atoms with Crippen molar-refractivity contribution in [1.82, 2.24) is 10.3 Å². The van der Waals surface area contributed by atoms with Crippen LogP contribution in [0.25, 0.3) is 0 Å². The van der Waals surface area contributed by atoms with E-state index in [1.807, 2.05) is 0 Å². The van der Waals surface area contributed by atoms with Crippen molar-refractivity contribution in [3.63, 3.8) is 0 Å². The molecule has 0 unspecified atom stereocenters. The molecular weight excluding hydrogens is 296 g/mol. The van der Waals surface area contributed by atoms with Gasteiger partial charge in [-0.05, 0) is 12.1 Å². The smallest absolute Gasteiger partial charge is 0.230 e. The summed E-state index contributed by atoms with van der Waals surface area (Å²) < 4.78 is 27.0. The maximum absolute atomic E-state index is 13.5. The molecule has 110 valence electrons. The molecule has 0 fully saturated rings. The molecule has 2 aromatic rings. The lowest BCUT2D eigenvalue weighted by Crippen LogP contribution is -2.22. The van der Waals surface area contributed by atoms with Crippen molar-refractivity contribution in [3.05, 3.63) is 46.0 Å². The van der Waals surface area contributed by atoms with Crippen molar-refractivity contribution in [3.8, 4) is 0 Å². The molecule has 4 nitrogen and oxygen atoms in total. The van der Waals surface area contributed by atoms with E-state index >= 15 is 0 Å². The zero-order chi connectivity index (χ0) is 14.8. The van der Waals surface area contributed by atoms with Crippen LogP contribution in [0.2, 0.25) is 0 Å². The second-order valence-electron chi connectivity index (χ2n) is 4.74. The molecule has 2 heterocycles. The van der Waals surface area contributed by atoms with Gasteiger partial charge in [0.2, 0.25) is 5.91 Å². The highest BCUT2D eigenvalue weighted by Crippen LogP contribution is 2.25. The highest BCUT2D eigenvalue weighted by molar-refractivity contribution is 7.15. The normalized spacial score (nSPS) is 13.8. The molecule has 0 spiro atoms. The van der Waals surface area contributed by atoms with E-state index in [2.05, 4.69) is 15.6 Å². The lowest BCUT2D eigenvalue weighted by atomic mass is 10.1. The quantitative estimate of drug-likeness (QED) is 0.914. The molecule has 1 aliphatic heterocycles. The Labute approximate surface area is 124 Å². The number of nitrogens with one attached hydrogen (secondary N) is 2. The van der Waals surface area contributed by atoms with Gasteiger partial charge in [0.15, 0.2) is 5.13 Å². The predicted octanol–water partition coefficient (Wildman–Crippen LogP) is 2.25. The first kappa shape index (κ1) is 14.1. The van der Waals surface area contributed by atoms with Crippen LogP contribution in [0.1, 0.15) is 16.1 Å². The summed E-state index contributed by atoms with van der Waals surface area (Å²) in [5.41, 5.74) is 0.754. The second-order valence-corrected chi connectivity index (χ2v) is 5.82. The Balaban J connectivity index is 1.70. The zero-order valence-electron chi connectivity index (χ0n) is 11.1. The van der Waals surface area contributed by atoms with E-state index in [1.54, 1.807) is 0 Å². The van der Waals surface area contributed by atoms with E-state index in [9.17, 15) is 13.6 Å². The number of fused-ring (bicyclic) bond motifs is 1. The van der Waals surface area contributed by atoms with E-state index in [0.29, 0.717) is 5.13 Å². The van der Waals surface area contributed by atoms with Crippen LogP contribution in [0.4, 0.5) is 13.9 Å². The average Bonchev–Trinajstić information content (AvgIpc) is 2.85. The number of halogens is 2. The van der Waals surface area contributed by atoms with Crippen LogP contribution in [0.5, 0.6) is 0 Å². The minimum absolute atomic E-state index is 0.224. The molecule has 0 aliphatic carbocycles. The molecule has 0 saturated heterocycles. The minimum Gasteiger partial charge on any atom is -0.311 e. The summed E-state index contributed by atoms with van der Waals surface area (Å²) in [7, 11) is 0. The van der Waals surface area contributed by atoms with Gasteiger partial charge >= 0.3 is 0 Å². The van der Waals surface area contributed by atoms with Gasteiger partial charge in [-0.3, -0.25) is 4.79 Å². The highest BCUT2D eigenvalue weighted by atomic mass is 32.1. The van der Waals surface area contributed by atoms with Gasteiger partial charge in [-0.1, -0.05) is 6.07 Å². The number of amides is 1. The molecule has 1 amide bonds. The summed E-state index contributed by atoms with van der Waals surface area (Å²) in [6.45, 7) is 1.61. The van der Waals surface area contributed by atoms with Gasteiger partial charge in [0.05, 0.1) is 12.1 Å². The van der Waals surface area contributed by atoms with Crippen molar-refractivity contribution < 1.29 is 13.6 Å². The van der Waals surface area contributed by atoms with Crippen molar-refractivity contribution in [1.29, 1.82) is 0 Å². The molecular formula is C14H13F2N3OS. The number of rotatable bonds is 3. The number of aromatic nitrogens is 1. The number of thiazole rings is 1. The number of carbonyl (C=O) groups excluding carboxylic acids is 1. The summed E-state index contributed by atoms with van der Waals surface area (Å²) in [6.07, 6.45) is 0.477. The molecule has 0 saturated carbocycles. The zero-order valence-corrected chi connectivity index (χ0v) is 11.9. The topological polar surface area (TPSA) is 54.0 Å². The minimum atomic E-state index is -0.715. The molecule has 1 aromatic carbocycles. The molecule has 1 aliphatic rings. The molecule has 2 N–H and O–H groups in total. The third-order valence-electron chi connectivity index (χ3n) is 3.25.